The Balaban J connectivity index is 1.55. The third-order valence-corrected chi connectivity index (χ3v) is 4.82. The molecule has 3 aromatic carbocycles. The van der Waals surface area contributed by atoms with Gasteiger partial charge in [-0.25, -0.2) is 0 Å². The number of hydrogen-bond acceptors (Lipinski definition) is 6. The minimum absolute atomic E-state index is 0.00859. The molecule has 0 saturated heterocycles. The Bertz CT molecular complexity index is 1020. The van der Waals surface area contributed by atoms with Gasteiger partial charge < -0.3 is 4.74 Å². The van der Waals surface area contributed by atoms with E-state index in [2.05, 4.69) is 6.07 Å². The summed E-state index contributed by atoms with van der Waals surface area (Å²) in [5.74, 6) is 0.121. The molecule has 0 N–H and O–H groups in total. The maximum absolute atomic E-state index is 12.0. The van der Waals surface area contributed by atoms with Crippen LogP contribution in [0.25, 0.3) is 11.1 Å². The van der Waals surface area contributed by atoms with Gasteiger partial charge >= 0.3 is 5.97 Å². The first kappa shape index (κ1) is 19.1. The zero-order valence-corrected chi connectivity index (χ0v) is 15.4. The summed E-state index contributed by atoms with van der Waals surface area (Å²) in [6.45, 7) is 0. The molecule has 28 heavy (non-hydrogen) atoms. The van der Waals surface area contributed by atoms with E-state index in [0.717, 1.165) is 16.0 Å². The molecule has 0 spiro atoms. The number of hydrogen-bond donors (Lipinski definition) is 0. The van der Waals surface area contributed by atoms with Gasteiger partial charge in [0, 0.05) is 17.0 Å². The van der Waals surface area contributed by atoms with Gasteiger partial charge in [0.1, 0.15) is 5.75 Å². The van der Waals surface area contributed by atoms with Gasteiger partial charge in [-0.3, -0.25) is 14.9 Å². The third-order valence-electron chi connectivity index (χ3n) is 3.84. The van der Waals surface area contributed by atoms with Crippen LogP contribution in [0.15, 0.2) is 77.7 Å². The lowest BCUT2D eigenvalue weighted by atomic mass is 10.0. The second-order valence-corrected chi connectivity index (χ2v) is 6.78. The van der Waals surface area contributed by atoms with Crippen LogP contribution in [0.2, 0.25) is 0 Å². The highest BCUT2D eigenvalue weighted by atomic mass is 32.2. The quantitative estimate of drug-likeness (QED) is 0.197. The number of rotatable bonds is 6. The zero-order valence-electron chi connectivity index (χ0n) is 14.6. The average Bonchev–Trinajstić information content (AvgIpc) is 2.73. The molecule has 0 unspecified atom stereocenters. The van der Waals surface area contributed by atoms with Crippen LogP contribution in [0.4, 0.5) is 5.69 Å². The van der Waals surface area contributed by atoms with Gasteiger partial charge in [0.15, 0.2) is 0 Å². The van der Waals surface area contributed by atoms with Gasteiger partial charge in [-0.05, 0) is 47.5 Å². The number of nitro groups is 1. The molecule has 0 aliphatic rings. The van der Waals surface area contributed by atoms with E-state index in [1.807, 2.05) is 24.3 Å². The van der Waals surface area contributed by atoms with E-state index in [0.29, 0.717) is 11.3 Å². The van der Waals surface area contributed by atoms with E-state index >= 15 is 0 Å². The van der Waals surface area contributed by atoms with E-state index in [1.165, 1.54) is 23.9 Å². The Morgan fingerprint density at radius 2 is 1.54 bits per heavy atom. The van der Waals surface area contributed by atoms with Crippen molar-refractivity contribution in [3.8, 4) is 22.9 Å². The summed E-state index contributed by atoms with van der Waals surface area (Å²) >= 11 is 1.25. The molecule has 7 heteroatoms. The van der Waals surface area contributed by atoms with Crippen molar-refractivity contribution >= 4 is 23.4 Å². The van der Waals surface area contributed by atoms with Gasteiger partial charge in [0.2, 0.25) is 0 Å². The molecular formula is C21H14N2O4S. The molecule has 0 aliphatic heterocycles. The largest absolute Gasteiger partial charge is 0.426 e. The van der Waals surface area contributed by atoms with Gasteiger partial charge in [0.25, 0.3) is 5.69 Å². The maximum atomic E-state index is 12.0. The fourth-order valence-corrected chi connectivity index (χ4v) is 3.09. The van der Waals surface area contributed by atoms with Crippen LogP contribution in [-0.2, 0) is 4.79 Å². The Morgan fingerprint density at radius 1 is 0.964 bits per heavy atom. The Morgan fingerprint density at radius 3 is 2.07 bits per heavy atom. The van der Waals surface area contributed by atoms with Gasteiger partial charge in [-0.1, -0.05) is 24.3 Å². The summed E-state index contributed by atoms with van der Waals surface area (Å²) in [4.78, 5) is 22.9. The van der Waals surface area contributed by atoms with Crippen molar-refractivity contribution in [2.24, 2.45) is 0 Å². The Labute approximate surface area is 165 Å². The summed E-state index contributed by atoms with van der Waals surface area (Å²) in [5.41, 5.74) is 2.52. The lowest BCUT2D eigenvalue weighted by molar-refractivity contribution is -0.384. The summed E-state index contributed by atoms with van der Waals surface area (Å²) in [6, 6.07) is 22.4. The van der Waals surface area contributed by atoms with Crippen molar-refractivity contribution in [3.63, 3.8) is 0 Å². The van der Waals surface area contributed by atoms with Crippen molar-refractivity contribution in [1.82, 2.24) is 0 Å². The Kier molecular flexibility index (Phi) is 6.04. The first-order valence-electron chi connectivity index (χ1n) is 8.24. The number of esters is 1. The van der Waals surface area contributed by atoms with E-state index < -0.39 is 10.9 Å². The van der Waals surface area contributed by atoms with Crippen LogP contribution < -0.4 is 4.74 Å². The van der Waals surface area contributed by atoms with E-state index in [1.54, 1.807) is 36.4 Å². The summed E-state index contributed by atoms with van der Waals surface area (Å²) in [7, 11) is 0. The molecule has 0 atom stereocenters. The van der Waals surface area contributed by atoms with Crippen molar-refractivity contribution in [2.45, 2.75) is 4.90 Å². The lowest BCUT2D eigenvalue weighted by Crippen LogP contribution is -2.10. The van der Waals surface area contributed by atoms with Crippen LogP contribution in [0.3, 0.4) is 0 Å². The summed E-state index contributed by atoms with van der Waals surface area (Å²) < 4.78 is 5.31. The topological polar surface area (TPSA) is 93.2 Å². The molecule has 0 aromatic heterocycles. The fraction of sp³-hybridized carbons (Fsp3) is 0.0476. The first-order valence-corrected chi connectivity index (χ1v) is 9.22. The SMILES string of the molecule is N#Cc1ccc(-c2ccc(OC(=O)CSc3ccc([N+](=O)[O-])cc3)cc2)cc1. The summed E-state index contributed by atoms with van der Waals surface area (Å²) in [5, 5.41) is 19.5. The third kappa shape index (κ3) is 4.96. The van der Waals surface area contributed by atoms with Gasteiger partial charge in [-0.15, -0.1) is 11.8 Å². The van der Waals surface area contributed by atoms with Crippen LogP contribution in [0, 0.1) is 21.4 Å². The average molecular weight is 390 g/mol. The molecule has 0 aliphatic carbocycles. The van der Waals surface area contributed by atoms with Gasteiger partial charge in [-0.2, -0.15) is 5.26 Å². The number of ether oxygens (including phenoxy) is 1. The number of thioether (sulfide) groups is 1. The fourth-order valence-electron chi connectivity index (χ4n) is 2.42. The molecule has 138 valence electrons. The van der Waals surface area contributed by atoms with Crippen LogP contribution in [0.5, 0.6) is 5.75 Å². The Hall–Kier alpha value is -3.63. The van der Waals surface area contributed by atoms with Gasteiger partial charge in [0.05, 0.1) is 22.3 Å². The molecule has 3 rings (SSSR count). The number of benzene rings is 3. The highest BCUT2D eigenvalue weighted by molar-refractivity contribution is 8.00. The number of nitro benzene ring substituents is 1. The number of non-ortho nitro benzene ring substituents is 1. The molecule has 0 bridgehead atoms. The monoisotopic (exact) mass is 390 g/mol. The minimum atomic E-state index is -0.468. The smallest absolute Gasteiger partial charge is 0.321 e. The highest BCUT2D eigenvalue weighted by Crippen LogP contribution is 2.24. The number of nitriles is 1. The standard InChI is InChI=1S/C21H14N2O4S/c22-13-15-1-3-16(4-2-15)17-5-9-19(10-6-17)27-21(24)14-28-20-11-7-18(8-12-20)23(25)26/h1-12H,14H2. The molecule has 6 nitrogen and oxygen atoms in total. The second kappa shape index (κ2) is 8.84. The maximum Gasteiger partial charge on any atom is 0.321 e. The number of carbonyl (C=O) groups excluding carboxylic acids is 1. The second-order valence-electron chi connectivity index (χ2n) is 5.73. The predicted molar refractivity (Wildman–Crippen MR) is 106 cm³/mol. The van der Waals surface area contributed by atoms with Crippen LogP contribution in [0.1, 0.15) is 5.56 Å². The number of carbonyl (C=O) groups is 1. The van der Waals surface area contributed by atoms with Crippen LogP contribution >= 0.6 is 11.8 Å². The molecule has 0 radical (unpaired) electrons. The molecule has 0 saturated carbocycles. The van der Waals surface area contributed by atoms with E-state index in [-0.39, 0.29) is 11.4 Å². The number of nitrogens with zero attached hydrogens (tertiary/aromatic N) is 2. The predicted octanol–water partition coefficient (Wildman–Crippen LogP) is 4.83. The van der Waals surface area contributed by atoms with Crippen LogP contribution in [-0.4, -0.2) is 16.6 Å². The van der Waals surface area contributed by atoms with Crippen molar-refractivity contribution < 1.29 is 14.5 Å². The normalized spacial score (nSPS) is 10.1. The summed E-state index contributed by atoms with van der Waals surface area (Å²) in [6.07, 6.45) is 0. The molecular weight excluding hydrogens is 376 g/mol. The van der Waals surface area contributed by atoms with E-state index in [9.17, 15) is 14.9 Å². The molecule has 0 amide bonds. The van der Waals surface area contributed by atoms with Crippen molar-refractivity contribution in [1.29, 1.82) is 5.26 Å². The lowest BCUT2D eigenvalue weighted by Gasteiger charge is -2.06. The van der Waals surface area contributed by atoms with E-state index in [4.69, 9.17) is 10.00 Å². The highest BCUT2D eigenvalue weighted by Gasteiger charge is 2.09. The molecule has 0 heterocycles. The van der Waals surface area contributed by atoms with Crippen molar-refractivity contribution in [3.05, 3.63) is 88.5 Å². The zero-order chi connectivity index (χ0) is 19.9. The molecule has 3 aromatic rings. The molecule has 0 fully saturated rings. The minimum Gasteiger partial charge on any atom is -0.426 e. The van der Waals surface area contributed by atoms with Crippen molar-refractivity contribution in [2.75, 3.05) is 5.75 Å². The first-order chi connectivity index (χ1) is 13.5.